The fraction of sp³-hybridized carbons (Fsp3) is 0.357. The highest BCUT2D eigenvalue weighted by Crippen LogP contribution is 2.25. The molecule has 0 spiro atoms. The maximum absolute atomic E-state index is 10.7. The molecule has 0 bridgehead atoms. The third-order valence-corrected chi connectivity index (χ3v) is 3.32. The van der Waals surface area contributed by atoms with Gasteiger partial charge in [0.25, 0.3) is 0 Å². The maximum atomic E-state index is 10.7. The first kappa shape index (κ1) is 14.2. The Morgan fingerprint density at radius 2 is 1.95 bits per heavy atom. The normalized spacial score (nSPS) is 14.2. The van der Waals surface area contributed by atoms with Gasteiger partial charge in [0.1, 0.15) is 5.75 Å². The van der Waals surface area contributed by atoms with E-state index in [9.17, 15) is 4.79 Å². The molecule has 0 unspecified atom stereocenters. The highest BCUT2D eigenvalue weighted by molar-refractivity contribution is 5.66. The van der Waals surface area contributed by atoms with E-state index in [0.717, 1.165) is 17.9 Å². The smallest absolute Gasteiger partial charge is 0.427 e. The summed E-state index contributed by atoms with van der Waals surface area (Å²) in [5, 5.41) is 9.65. The van der Waals surface area contributed by atoms with E-state index in [2.05, 4.69) is 24.8 Å². The molecule has 0 fully saturated rings. The number of benzene rings is 1. The van der Waals surface area contributed by atoms with Crippen LogP contribution in [0.2, 0.25) is 0 Å². The zero-order valence-electron chi connectivity index (χ0n) is 11.6. The number of hydrogen-bond donors (Lipinski definition) is 3. The van der Waals surface area contributed by atoms with E-state index in [1.165, 1.54) is 11.8 Å². The zero-order chi connectivity index (χ0) is 14.5. The van der Waals surface area contributed by atoms with Gasteiger partial charge in [0.15, 0.2) is 0 Å². The molecule has 1 aliphatic rings. The van der Waals surface area contributed by atoms with Crippen LogP contribution in [0.25, 0.3) is 0 Å². The fourth-order valence-corrected chi connectivity index (χ4v) is 2.15. The van der Waals surface area contributed by atoms with Crippen molar-refractivity contribution in [1.29, 1.82) is 0 Å². The highest BCUT2D eigenvalue weighted by Gasteiger charge is 2.18. The van der Waals surface area contributed by atoms with E-state index in [1.54, 1.807) is 0 Å². The maximum Gasteiger partial charge on any atom is 0.427 e. The topological polar surface area (TPSA) is 73.8 Å². The fourth-order valence-electron chi connectivity index (χ4n) is 2.15. The van der Waals surface area contributed by atoms with Gasteiger partial charge in [0.05, 0.1) is 6.20 Å². The predicted molar refractivity (Wildman–Crippen MR) is 74.6 cm³/mol. The number of hydrazine groups is 2. The summed E-state index contributed by atoms with van der Waals surface area (Å²) in [6, 6.07) is 7.87. The Morgan fingerprint density at radius 3 is 2.45 bits per heavy atom. The Labute approximate surface area is 118 Å². The molecular weight excluding hydrogens is 258 g/mol. The lowest BCUT2D eigenvalue weighted by atomic mass is 9.94. The van der Waals surface area contributed by atoms with E-state index < -0.39 is 6.09 Å². The molecule has 1 heterocycles. The molecule has 2 rings (SSSR count). The summed E-state index contributed by atoms with van der Waals surface area (Å²) >= 11 is 0. The number of carbonyl (C=O) groups is 1. The minimum absolute atomic E-state index is 0.336. The largest absolute Gasteiger partial charge is 0.464 e. The van der Waals surface area contributed by atoms with Crippen molar-refractivity contribution in [2.45, 2.75) is 32.6 Å². The number of carboxylic acid groups (broad SMARTS) is 1. The number of nitrogens with one attached hydrogen (secondary N) is 2. The summed E-state index contributed by atoms with van der Waals surface area (Å²) in [7, 11) is 0. The molecule has 108 valence electrons. The summed E-state index contributed by atoms with van der Waals surface area (Å²) in [4.78, 5) is 10.7. The van der Waals surface area contributed by atoms with Crippen LogP contribution in [0.5, 0.6) is 5.75 Å². The summed E-state index contributed by atoms with van der Waals surface area (Å²) in [5.74, 6) is 1.56. The van der Waals surface area contributed by atoms with Crippen LogP contribution >= 0.6 is 0 Å². The molecule has 6 heteroatoms. The van der Waals surface area contributed by atoms with Crippen molar-refractivity contribution in [3.05, 3.63) is 41.9 Å². The molecule has 0 aromatic heterocycles. The molecule has 6 nitrogen and oxygen atoms in total. The van der Waals surface area contributed by atoms with Crippen molar-refractivity contribution in [2.75, 3.05) is 0 Å². The van der Waals surface area contributed by atoms with Crippen molar-refractivity contribution in [2.24, 2.45) is 0 Å². The Kier molecular flexibility index (Phi) is 4.47. The molecule has 0 saturated heterocycles. The third kappa shape index (κ3) is 3.21. The van der Waals surface area contributed by atoms with Crippen LogP contribution in [0.3, 0.4) is 0 Å². The number of amides is 1. The summed E-state index contributed by atoms with van der Waals surface area (Å²) < 4.78 is 5.54. The second-order valence-corrected chi connectivity index (χ2v) is 4.57. The lowest BCUT2D eigenvalue weighted by Gasteiger charge is -2.13. The lowest BCUT2D eigenvalue weighted by molar-refractivity contribution is 0.145. The van der Waals surface area contributed by atoms with Gasteiger partial charge in [0.2, 0.25) is 5.88 Å². The van der Waals surface area contributed by atoms with Gasteiger partial charge in [-0.1, -0.05) is 26.0 Å². The molecule has 3 N–H and O–H groups in total. The molecule has 20 heavy (non-hydrogen) atoms. The molecule has 1 aromatic carbocycles. The van der Waals surface area contributed by atoms with Crippen LogP contribution < -0.4 is 15.7 Å². The van der Waals surface area contributed by atoms with Crippen LogP contribution in [0, 0.1) is 0 Å². The first-order chi connectivity index (χ1) is 9.63. The molecule has 0 radical (unpaired) electrons. The Morgan fingerprint density at radius 1 is 1.30 bits per heavy atom. The van der Waals surface area contributed by atoms with Gasteiger partial charge < -0.3 is 9.84 Å². The van der Waals surface area contributed by atoms with Crippen molar-refractivity contribution < 1.29 is 14.6 Å². The summed E-state index contributed by atoms with van der Waals surface area (Å²) in [6.45, 7) is 4.36. The number of ether oxygens (including phenoxy) is 1. The van der Waals surface area contributed by atoms with Gasteiger partial charge >= 0.3 is 6.09 Å². The van der Waals surface area contributed by atoms with Gasteiger partial charge in [-0.05, 0) is 36.5 Å². The van der Waals surface area contributed by atoms with Crippen molar-refractivity contribution in [3.8, 4) is 5.75 Å². The predicted octanol–water partition coefficient (Wildman–Crippen LogP) is 2.77. The first-order valence-corrected chi connectivity index (χ1v) is 6.67. The highest BCUT2D eigenvalue weighted by atomic mass is 16.5. The number of hydrogen-bond acceptors (Lipinski definition) is 4. The lowest BCUT2D eigenvalue weighted by Crippen LogP contribution is -2.39. The molecule has 0 atom stereocenters. The molecular formula is C14H19N3O3. The third-order valence-electron chi connectivity index (χ3n) is 3.32. The van der Waals surface area contributed by atoms with Crippen molar-refractivity contribution in [1.82, 2.24) is 16.0 Å². The standard InChI is InChI=1S/C14H19N3O3/c1-3-10(4-2)11-5-7-12(8-6-11)20-13-9-17(14(18)19)16-15-13/h5-10,15-16H,3-4H2,1-2H3,(H,18,19). The quantitative estimate of drug-likeness (QED) is 0.771. The Bertz CT molecular complexity index is 495. The van der Waals surface area contributed by atoms with E-state index in [-0.39, 0.29) is 0 Å². The molecule has 1 aromatic rings. The first-order valence-electron chi connectivity index (χ1n) is 6.67. The van der Waals surface area contributed by atoms with Crippen LogP contribution in [0.1, 0.15) is 38.2 Å². The zero-order valence-corrected chi connectivity index (χ0v) is 11.6. The summed E-state index contributed by atoms with van der Waals surface area (Å²) in [6.07, 6.45) is 2.44. The minimum Gasteiger partial charge on any atom is -0.464 e. The van der Waals surface area contributed by atoms with Crippen LogP contribution in [-0.4, -0.2) is 16.2 Å². The molecule has 0 saturated carbocycles. The summed E-state index contributed by atoms with van der Waals surface area (Å²) in [5.41, 5.74) is 6.36. The Hall–Kier alpha value is -2.21. The van der Waals surface area contributed by atoms with Crippen LogP contribution in [0.4, 0.5) is 4.79 Å². The van der Waals surface area contributed by atoms with Gasteiger partial charge in [-0.15, -0.1) is 5.53 Å². The van der Waals surface area contributed by atoms with Gasteiger partial charge in [-0.25, -0.2) is 4.79 Å². The number of rotatable bonds is 5. The molecule has 0 aliphatic carbocycles. The number of nitrogens with zero attached hydrogens (tertiary/aromatic N) is 1. The monoisotopic (exact) mass is 277 g/mol. The van der Waals surface area contributed by atoms with Crippen molar-refractivity contribution in [3.63, 3.8) is 0 Å². The van der Waals surface area contributed by atoms with E-state index in [0.29, 0.717) is 17.6 Å². The average molecular weight is 277 g/mol. The van der Waals surface area contributed by atoms with Gasteiger partial charge in [-0.3, -0.25) is 5.43 Å². The van der Waals surface area contributed by atoms with E-state index >= 15 is 0 Å². The van der Waals surface area contributed by atoms with E-state index in [1.807, 2.05) is 24.3 Å². The van der Waals surface area contributed by atoms with Gasteiger partial charge in [-0.2, -0.15) is 5.01 Å². The SMILES string of the molecule is CCC(CC)c1ccc(OC2=CN(C(=O)O)NN2)cc1. The van der Waals surface area contributed by atoms with Crippen molar-refractivity contribution >= 4 is 6.09 Å². The van der Waals surface area contributed by atoms with E-state index in [4.69, 9.17) is 9.84 Å². The second-order valence-electron chi connectivity index (χ2n) is 4.57. The van der Waals surface area contributed by atoms with Crippen LogP contribution in [-0.2, 0) is 0 Å². The average Bonchev–Trinajstić information content (AvgIpc) is 2.91. The second kappa shape index (κ2) is 6.29. The Balaban J connectivity index is 2.01. The molecule has 1 amide bonds. The van der Waals surface area contributed by atoms with Gasteiger partial charge in [0, 0.05) is 0 Å². The minimum atomic E-state index is -1.11. The molecule has 1 aliphatic heterocycles. The van der Waals surface area contributed by atoms with Crippen LogP contribution in [0.15, 0.2) is 36.3 Å².